The molecule has 0 amide bonds. The molecule has 0 spiro atoms. The minimum Gasteiger partial charge on any atom is -0.382 e. The minimum absolute atomic E-state index is 0.612. The van der Waals surface area contributed by atoms with Gasteiger partial charge >= 0.3 is 0 Å². The van der Waals surface area contributed by atoms with Gasteiger partial charge in [-0.15, -0.1) is 0 Å². The molecule has 0 aromatic heterocycles. The van der Waals surface area contributed by atoms with Crippen LogP contribution in [0, 0.1) is 0 Å². The van der Waals surface area contributed by atoms with Crippen LogP contribution < -0.4 is 5.32 Å². The van der Waals surface area contributed by atoms with Crippen molar-refractivity contribution in [2.45, 2.75) is 25.3 Å². The van der Waals surface area contributed by atoms with E-state index in [9.17, 15) is 0 Å². The molecule has 1 aliphatic carbocycles. The third kappa shape index (κ3) is 4.09. The molecule has 1 aromatic carbocycles. The highest BCUT2D eigenvalue weighted by Crippen LogP contribution is 2.21. The Hall–Kier alpha value is -0.900. The summed E-state index contributed by atoms with van der Waals surface area (Å²) < 4.78 is 10.4. The number of ether oxygens (including phenoxy) is 2. The SMILES string of the molecule is COCCOCCCNC1Cc2ccccc2C1. The monoisotopic (exact) mass is 249 g/mol. The van der Waals surface area contributed by atoms with Gasteiger partial charge < -0.3 is 14.8 Å². The van der Waals surface area contributed by atoms with Crippen LogP contribution in [0.3, 0.4) is 0 Å². The fourth-order valence-corrected chi connectivity index (χ4v) is 2.43. The molecule has 0 bridgehead atoms. The largest absolute Gasteiger partial charge is 0.382 e. The first-order valence-electron chi connectivity index (χ1n) is 6.77. The number of benzene rings is 1. The summed E-state index contributed by atoms with van der Waals surface area (Å²) in [4.78, 5) is 0. The number of hydrogen-bond donors (Lipinski definition) is 1. The first kappa shape index (κ1) is 13.5. The van der Waals surface area contributed by atoms with Crippen LogP contribution >= 0.6 is 0 Å². The summed E-state index contributed by atoms with van der Waals surface area (Å²) in [6, 6.07) is 9.35. The summed E-state index contributed by atoms with van der Waals surface area (Å²) >= 11 is 0. The highest BCUT2D eigenvalue weighted by atomic mass is 16.5. The third-order valence-electron chi connectivity index (χ3n) is 3.38. The van der Waals surface area contributed by atoms with Gasteiger partial charge in [-0.3, -0.25) is 0 Å². The summed E-state index contributed by atoms with van der Waals surface area (Å²) in [5, 5.41) is 3.61. The fraction of sp³-hybridized carbons (Fsp3) is 0.600. The standard InChI is InChI=1S/C15H23NO2/c1-17-9-10-18-8-4-7-16-15-11-13-5-2-3-6-14(13)12-15/h2-3,5-6,15-16H,4,7-12H2,1H3. The van der Waals surface area contributed by atoms with Crippen molar-refractivity contribution in [1.29, 1.82) is 0 Å². The lowest BCUT2D eigenvalue weighted by Crippen LogP contribution is -2.31. The molecular formula is C15H23NO2. The summed E-state index contributed by atoms with van der Waals surface area (Å²) in [6.07, 6.45) is 3.40. The number of hydrogen-bond acceptors (Lipinski definition) is 3. The second kappa shape index (κ2) is 7.52. The van der Waals surface area contributed by atoms with Gasteiger partial charge in [0.1, 0.15) is 0 Å². The number of nitrogens with one attached hydrogen (secondary N) is 1. The minimum atomic E-state index is 0.612. The molecule has 18 heavy (non-hydrogen) atoms. The first-order valence-corrected chi connectivity index (χ1v) is 6.77. The van der Waals surface area contributed by atoms with Crippen LogP contribution in [0.2, 0.25) is 0 Å². The summed E-state index contributed by atoms with van der Waals surface area (Å²) in [5.74, 6) is 0. The second-order valence-electron chi connectivity index (χ2n) is 4.79. The van der Waals surface area contributed by atoms with E-state index in [1.807, 2.05) is 0 Å². The lowest BCUT2D eigenvalue weighted by Gasteiger charge is -2.11. The predicted molar refractivity (Wildman–Crippen MR) is 73.0 cm³/mol. The topological polar surface area (TPSA) is 30.5 Å². The molecule has 0 aliphatic heterocycles. The van der Waals surface area contributed by atoms with Crippen molar-refractivity contribution in [1.82, 2.24) is 5.32 Å². The Labute approximate surface area is 109 Å². The molecule has 0 radical (unpaired) electrons. The molecule has 0 heterocycles. The van der Waals surface area contributed by atoms with Crippen molar-refractivity contribution in [2.24, 2.45) is 0 Å². The van der Waals surface area contributed by atoms with Crippen molar-refractivity contribution in [3.05, 3.63) is 35.4 Å². The van der Waals surface area contributed by atoms with Crippen LogP contribution in [-0.4, -0.2) is 39.5 Å². The molecule has 0 saturated carbocycles. The van der Waals surface area contributed by atoms with Gasteiger partial charge in [0.15, 0.2) is 0 Å². The Morgan fingerprint density at radius 2 is 1.83 bits per heavy atom. The van der Waals surface area contributed by atoms with Crippen LogP contribution in [0.25, 0.3) is 0 Å². The van der Waals surface area contributed by atoms with Gasteiger partial charge in [-0.05, 0) is 36.9 Å². The van der Waals surface area contributed by atoms with Gasteiger partial charge in [0.25, 0.3) is 0 Å². The van der Waals surface area contributed by atoms with Crippen molar-refractivity contribution in [2.75, 3.05) is 33.5 Å². The Balaban J connectivity index is 1.54. The summed E-state index contributed by atoms with van der Waals surface area (Å²) in [5.41, 5.74) is 3.01. The van der Waals surface area contributed by atoms with Crippen LogP contribution in [0.15, 0.2) is 24.3 Å². The molecule has 1 aliphatic rings. The quantitative estimate of drug-likeness (QED) is 0.713. The molecule has 1 aromatic rings. The average Bonchev–Trinajstić information content (AvgIpc) is 2.80. The molecule has 0 fully saturated rings. The normalized spacial score (nSPS) is 14.9. The Morgan fingerprint density at radius 1 is 1.11 bits per heavy atom. The van der Waals surface area contributed by atoms with E-state index >= 15 is 0 Å². The van der Waals surface area contributed by atoms with Gasteiger partial charge in [0.05, 0.1) is 13.2 Å². The maximum Gasteiger partial charge on any atom is 0.0700 e. The van der Waals surface area contributed by atoms with Crippen LogP contribution in [-0.2, 0) is 22.3 Å². The van der Waals surface area contributed by atoms with Crippen LogP contribution in [0.1, 0.15) is 17.5 Å². The van der Waals surface area contributed by atoms with Crippen LogP contribution in [0.4, 0.5) is 0 Å². The molecular weight excluding hydrogens is 226 g/mol. The Kier molecular flexibility index (Phi) is 5.65. The van der Waals surface area contributed by atoms with Gasteiger partial charge in [-0.2, -0.15) is 0 Å². The van der Waals surface area contributed by atoms with Crippen molar-refractivity contribution < 1.29 is 9.47 Å². The van der Waals surface area contributed by atoms with Crippen molar-refractivity contribution in [3.8, 4) is 0 Å². The van der Waals surface area contributed by atoms with Crippen molar-refractivity contribution >= 4 is 0 Å². The maximum absolute atomic E-state index is 5.44. The smallest absolute Gasteiger partial charge is 0.0700 e. The van der Waals surface area contributed by atoms with E-state index < -0.39 is 0 Å². The molecule has 2 rings (SSSR count). The Morgan fingerprint density at radius 3 is 2.50 bits per heavy atom. The van der Waals surface area contributed by atoms with E-state index in [1.54, 1.807) is 7.11 Å². The van der Waals surface area contributed by atoms with Crippen LogP contribution in [0.5, 0.6) is 0 Å². The highest BCUT2D eigenvalue weighted by Gasteiger charge is 2.19. The summed E-state index contributed by atoms with van der Waals surface area (Å²) in [7, 11) is 1.70. The number of methoxy groups -OCH3 is 1. The summed E-state index contributed by atoms with van der Waals surface area (Å²) in [6.45, 7) is 3.23. The van der Waals surface area contributed by atoms with E-state index in [0.717, 1.165) is 19.6 Å². The van der Waals surface area contributed by atoms with Gasteiger partial charge in [0, 0.05) is 19.8 Å². The highest BCUT2D eigenvalue weighted by molar-refractivity contribution is 5.33. The van der Waals surface area contributed by atoms with E-state index in [0.29, 0.717) is 19.3 Å². The number of fused-ring (bicyclic) bond motifs is 1. The van der Waals surface area contributed by atoms with E-state index in [-0.39, 0.29) is 0 Å². The molecule has 3 heteroatoms. The van der Waals surface area contributed by atoms with E-state index in [1.165, 1.54) is 24.0 Å². The van der Waals surface area contributed by atoms with Gasteiger partial charge in [-0.25, -0.2) is 0 Å². The molecule has 1 N–H and O–H groups in total. The zero-order valence-corrected chi connectivity index (χ0v) is 11.2. The van der Waals surface area contributed by atoms with Gasteiger partial charge in [-0.1, -0.05) is 24.3 Å². The lowest BCUT2D eigenvalue weighted by molar-refractivity contribution is 0.0693. The van der Waals surface area contributed by atoms with Crippen molar-refractivity contribution in [3.63, 3.8) is 0 Å². The first-order chi connectivity index (χ1) is 8.90. The zero-order chi connectivity index (χ0) is 12.6. The third-order valence-corrected chi connectivity index (χ3v) is 3.38. The lowest BCUT2D eigenvalue weighted by atomic mass is 10.1. The molecule has 100 valence electrons. The molecule has 0 atom stereocenters. The second-order valence-corrected chi connectivity index (χ2v) is 4.79. The Bertz CT molecular complexity index is 329. The average molecular weight is 249 g/mol. The molecule has 0 unspecified atom stereocenters. The molecule has 3 nitrogen and oxygen atoms in total. The van der Waals surface area contributed by atoms with Gasteiger partial charge in [0.2, 0.25) is 0 Å². The molecule has 0 saturated heterocycles. The number of rotatable bonds is 8. The predicted octanol–water partition coefficient (Wildman–Crippen LogP) is 1.80. The zero-order valence-electron chi connectivity index (χ0n) is 11.2. The van der Waals surface area contributed by atoms with E-state index in [2.05, 4.69) is 29.6 Å². The maximum atomic E-state index is 5.44. The van der Waals surface area contributed by atoms with E-state index in [4.69, 9.17) is 9.47 Å². The fourth-order valence-electron chi connectivity index (χ4n) is 2.43.